The molecule has 0 unspecified atom stereocenters. The molecule has 0 radical (unpaired) electrons. The van der Waals surface area contributed by atoms with Crippen LogP contribution in [0.25, 0.3) is 0 Å². The molecule has 0 aliphatic rings. The molecule has 21 heavy (non-hydrogen) atoms. The van der Waals surface area contributed by atoms with Crippen molar-refractivity contribution in [2.45, 2.75) is 18.7 Å². The summed E-state index contributed by atoms with van der Waals surface area (Å²) in [6.45, 7) is 3.33. The molecule has 0 amide bonds. The monoisotopic (exact) mass is 329 g/mol. The number of nitrogen functional groups attached to an aromatic ring is 1. The molecule has 0 atom stereocenters. The summed E-state index contributed by atoms with van der Waals surface area (Å²) in [6.07, 6.45) is 0. The fourth-order valence-electron chi connectivity index (χ4n) is 1.78. The Balaban J connectivity index is 2.45. The summed E-state index contributed by atoms with van der Waals surface area (Å²) >= 11 is 5.75. The second-order valence-corrected chi connectivity index (χ2v) is 6.65. The third-order valence-electron chi connectivity index (χ3n) is 2.73. The number of hydrogen-bond donors (Lipinski definition) is 2. The van der Waals surface area contributed by atoms with Crippen molar-refractivity contribution < 1.29 is 12.8 Å². The minimum atomic E-state index is -4.12. The molecule has 3 N–H and O–H groups in total. The molecule has 112 valence electrons. The zero-order valence-electron chi connectivity index (χ0n) is 11.3. The van der Waals surface area contributed by atoms with Crippen molar-refractivity contribution in [1.82, 2.24) is 4.98 Å². The molecule has 1 aromatic heterocycles. The van der Waals surface area contributed by atoms with Crippen LogP contribution >= 0.6 is 11.6 Å². The summed E-state index contributed by atoms with van der Waals surface area (Å²) in [6, 6.07) is 5.21. The molecule has 1 heterocycles. The molecule has 0 fully saturated rings. The number of hydrogen-bond acceptors (Lipinski definition) is 4. The molecule has 1 aromatic carbocycles. The Bertz CT molecular complexity index is 789. The first kappa shape index (κ1) is 15.5. The van der Waals surface area contributed by atoms with Crippen LogP contribution in [0.2, 0.25) is 5.02 Å². The van der Waals surface area contributed by atoms with E-state index in [0.717, 1.165) is 11.6 Å². The summed E-state index contributed by atoms with van der Waals surface area (Å²) in [5.41, 5.74) is 6.74. The molecule has 0 spiro atoms. The van der Waals surface area contributed by atoms with Crippen molar-refractivity contribution in [2.75, 3.05) is 10.5 Å². The summed E-state index contributed by atoms with van der Waals surface area (Å²) < 4.78 is 40.5. The highest BCUT2D eigenvalue weighted by molar-refractivity contribution is 7.92. The van der Waals surface area contributed by atoms with E-state index in [2.05, 4.69) is 9.71 Å². The number of pyridine rings is 1. The van der Waals surface area contributed by atoms with Crippen LogP contribution in [-0.4, -0.2) is 13.4 Å². The number of sulfonamides is 1. The van der Waals surface area contributed by atoms with E-state index in [9.17, 15) is 12.8 Å². The highest BCUT2D eigenvalue weighted by atomic mass is 35.5. The van der Waals surface area contributed by atoms with Gasteiger partial charge in [-0.2, -0.15) is 0 Å². The largest absolute Gasteiger partial charge is 0.384 e. The van der Waals surface area contributed by atoms with Crippen LogP contribution in [-0.2, 0) is 10.0 Å². The van der Waals surface area contributed by atoms with Crippen molar-refractivity contribution >= 4 is 33.3 Å². The van der Waals surface area contributed by atoms with Crippen LogP contribution in [0.5, 0.6) is 0 Å². The normalized spacial score (nSPS) is 11.4. The second kappa shape index (κ2) is 5.50. The molecule has 5 nitrogen and oxygen atoms in total. The Morgan fingerprint density at radius 1 is 1.24 bits per heavy atom. The number of aromatic nitrogens is 1. The van der Waals surface area contributed by atoms with E-state index >= 15 is 0 Å². The molecule has 8 heteroatoms. The van der Waals surface area contributed by atoms with Crippen LogP contribution in [0.15, 0.2) is 29.2 Å². The summed E-state index contributed by atoms with van der Waals surface area (Å²) in [7, 11) is -4.12. The first-order chi connectivity index (χ1) is 9.69. The van der Waals surface area contributed by atoms with E-state index in [0.29, 0.717) is 5.56 Å². The average molecular weight is 330 g/mol. The van der Waals surface area contributed by atoms with E-state index in [1.54, 1.807) is 19.9 Å². The predicted molar refractivity (Wildman–Crippen MR) is 80.3 cm³/mol. The molecule has 0 aliphatic heterocycles. The van der Waals surface area contributed by atoms with Crippen molar-refractivity contribution in [3.8, 4) is 0 Å². The standard InChI is InChI=1S/C13H13ClFN3O2S/c1-7-3-12(16)17-13(4-7)18-21(19,20)11-5-8(2)9(14)6-10(11)15/h3-6H,1-2H3,(H3,16,17,18). The summed E-state index contributed by atoms with van der Waals surface area (Å²) in [4.78, 5) is 3.36. The number of aryl methyl sites for hydroxylation is 2. The van der Waals surface area contributed by atoms with Crippen LogP contribution in [0.3, 0.4) is 0 Å². The lowest BCUT2D eigenvalue weighted by molar-refractivity contribution is 0.570. The van der Waals surface area contributed by atoms with Gasteiger partial charge in [-0.05, 0) is 49.2 Å². The fraction of sp³-hybridized carbons (Fsp3) is 0.154. The van der Waals surface area contributed by atoms with Gasteiger partial charge in [-0.15, -0.1) is 0 Å². The van der Waals surface area contributed by atoms with Crippen LogP contribution < -0.4 is 10.5 Å². The quantitative estimate of drug-likeness (QED) is 0.906. The van der Waals surface area contributed by atoms with Gasteiger partial charge in [-0.1, -0.05) is 11.6 Å². The van der Waals surface area contributed by atoms with E-state index in [1.807, 2.05) is 0 Å². The summed E-state index contributed by atoms with van der Waals surface area (Å²) in [5.74, 6) is -0.737. The number of nitrogens with two attached hydrogens (primary N) is 1. The van der Waals surface area contributed by atoms with Crippen LogP contribution in [0, 0.1) is 19.7 Å². The van der Waals surface area contributed by atoms with Gasteiger partial charge in [0.1, 0.15) is 22.3 Å². The minimum Gasteiger partial charge on any atom is -0.384 e. The number of benzene rings is 1. The van der Waals surface area contributed by atoms with Crippen LogP contribution in [0.4, 0.5) is 16.0 Å². The molecule has 0 saturated heterocycles. The number of halogens is 2. The van der Waals surface area contributed by atoms with E-state index in [4.69, 9.17) is 17.3 Å². The molecule has 2 aromatic rings. The summed E-state index contributed by atoms with van der Waals surface area (Å²) in [5, 5.41) is 0.157. The van der Waals surface area contributed by atoms with Crippen molar-refractivity contribution in [1.29, 1.82) is 0 Å². The predicted octanol–water partition coefficient (Wildman–Crippen LogP) is 2.87. The van der Waals surface area contributed by atoms with E-state index in [1.165, 1.54) is 12.1 Å². The fourth-order valence-corrected chi connectivity index (χ4v) is 3.06. The Morgan fingerprint density at radius 3 is 2.52 bits per heavy atom. The van der Waals surface area contributed by atoms with Gasteiger partial charge in [-0.25, -0.2) is 17.8 Å². The average Bonchev–Trinajstić information content (AvgIpc) is 2.31. The highest BCUT2D eigenvalue weighted by Crippen LogP contribution is 2.25. The lowest BCUT2D eigenvalue weighted by Crippen LogP contribution is -2.16. The topological polar surface area (TPSA) is 85.1 Å². The van der Waals surface area contributed by atoms with Gasteiger partial charge in [0.25, 0.3) is 10.0 Å². The Hall–Kier alpha value is -1.86. The molecule has 2 rings (SSSR count). The first-order valence-corrected chi connectivity index (χ1v) is 7.78. The van der Waals surface area contributed by atoms with Crippen molar-refractivity contribution in [3.63, 3.8) is 0 Å². The maximum atomic E-state index is 13.8. The molecular formula is C13H13ClFN3O2S. The van der Waals surface area contributed by atoms with Crippen molar-refractivity contribution in [3.05, 3.63) is 46.2 Å². The number of rotatable bonds is 3. The van der Waals surface area contributed by atoms with Gasteiger partial charge in [-0.3, -0.25) is 4.72 Å². The smallest absolute Gasteiger partial charge is 0.265 e. The molecular weight excluding hydrogens is 317 g/mol. The third-order valence-corrected chi connectivity index (χ3v) is 4.51. The van der Waals surface area contributed by atoms with Gasteiger partial charge in [0.2, 0.25) is 0 Å². The number of nitrogens with one attached hydrogen (secondary N) is 1. The zero-order chi connectivity index (χ0) is 15.8. The van der Waals surface area contributed by atoms with Gasteiger partial charge in [0, 0.05) is 5.02 Å². The van der Waals surface area contributed by atoms with Crippen molar-refractivity contribution in [2.24, 2.45) is 0 Å². The van der Waals surface area contributed by atoms with Crippen LogP contribution in [0.1, 0.15) is 11.1 Å². The van der Waals surface area contributed by atoms with Gasteiger partial charge in [0.05, 0.1) is 0 Å². The molecule has 0 saturated carbocycles. The Labute approximate surface area is 127 Å². The highest BCUT2D eigenvalue weighted by Gasteiger charge is 2.21. The van der Waals surface area contributed by atoms with E-state index < -0.39 is 20.7 Å². The number of anilines is 2. The second-order valence-electron chi connectivity index (χ2n) is 4.59. The Kier molecular flexibility index (Phi) is 4.06. The maximum Gasteiger partial charge on any atom is 0.265 e. The lowest BCUT2D eigenvalue weighted by atomic mass is 10.2. The van der Waals surface area contributed by atoms with E-state index in [-0.39, 0.29) is 16.7 Å². The SMILES string of the molecule is Cc1cc(N)nc(NS(=O)(=O)c2cc(C)c(Cl)cc2F)c1. The first-order valence-electron chi connectivity index (χ1n) is 5.91. The number of nitrogens with zero attached hydrogens (tertiary/aromatic N) is 1. The molecule has 0 aliphatic carbocycles. The zero-order valence-corrected chi connectivity index (χ0v) is 12.9. The third kappa shape index (κ3) is 3.43. The maximum absolute atomic E-state index is 13.8. The van der Waals surface area contributed by atoms with Gasteiger partial charge in [0.15, 0.2) is 0 Å². The van der Waals surface area contributed by atoms with Gasteiger partial charge >= 0.3 is 0 Å². The Morgan fingerprint density at radius 2 is 1.90 bits per heavy atom. The minimum absolute atomic E-state index is 0.0273. The lowest BCUT2D eigenvalue weighted by Gasteiger charge is -2.10. The van der Waals surface area contributed by atoms with Gasteiger partial charge < -0.3 is 5.73 Å². The molecule has 0 bridgehead atoms.